The van der Waals surface area contributed by atoms with E-state index in [4.69, 9.17) is 0 Å². The van der Waals surface area contributed by atoms with E-state index in [0.717, 1.165) is 31.1 Å². The van der Waals surface area contributed by atoms with Crippen LogP contribution in [0.25, 0.3) is 0 Å². The number of hydrogen-bond donors (Lipinski definition) is 1. The lowest BCUT2D eigenvalue weighted by molar-refractivity contribution is -0.115. The van der Waals surface area contributed by atoms with E-state index >= 15 is 0 Å². The summed E-state index contributed by atoms with van der Waals surface area (Å²) >= 11 is 0. The molecule has 3 aliphatic carbocycles. The highest BCUT2D eigenvalue weighted by molar-refractivity contribution is 5.90. The highest BCUT2D eigenvalue weighted by Crippen LogP contribution is 2.58. The van der Waals surface area contributed by atoms with E-state index in [1.165, 1.54) is 31.3 Å². The van der Waals surface area contributed by atoms with Crippen molar-refractivity contribution in [3.63, 3.8) is 0 Å². The lowest BCUT2D eigenvalue weighted by atomic mass is 9.56. The van der Waals surface area contributed by atoms with Gasteiger partial charge in [-0.2, -0.15) is 0 Å². The highest BCUT2D eigenvalue weighted by Gasteiger charge is 2.53. The maximum Gasteiger partial charge on any atom is 0.155 e. The Hall–Kier alpha value is -0.630. The van der Waals surface area contributed by atoms with Crippen molar-refractivity contribution in [3.8, 4) is 0 Å². The van der Waals surface area contributed by atoms with Gasteiger partial charge in [0, 0.05) is 6.42 Å². The first-order valence-electron chi connectivity index (χ1n) is 9.30. The normalized spacial score (nSPS) is 49.0. The van der Waals surface area contributed by atoms with E-state index in [9.17, 15) is 9.90 Å². The average Bonchev–Trinajstić information content (AvgIpc) is 2.77. The zero-order valence-electron chi connectivity index (χ0n) is 14.5. The minimum Gasteiger partial charge on any atom is -0.393 e. The van der Waals surface area contributed by atoms with E-state index in [0.29, 0.717) is 24.0 Å². The average molecular weight is 304 g/mol. The first kappa shape index (κ1) is 16.2. The Kier molecular flexibility index (Phi) is 4.51. The summed E-state index contributed by atoms with van der Waals surface area (Å²) in [5.41, 5.74) is 1.41. The molecule has 124 valence electrons. The molecule has 0 aromatic rings. The van der Waals surface area contributed by atoms with Gasteiger partial charge in [0.2, 0.25) is 0 Å². The van der Waals surface area contributed by atoms with E-state index in [1.807, 2.05) is 6.08 Å². The molecule has 0 bridgehead atoms. The summed E-state index contributed by atoms with van der Waals surface area (Å²) in [6.07, 6.45) is 10.4. The maximum absolute atomic E-state index is 12.0. The molecule has 2 nitrogen and oxygen atoms in total. The summed E-state index contributed by atoms with van der Waals surface area (Å²) in [5, 5.41) is 10.5. The van der Waals surface area contributed by atoms with Crippen LogP contribution in [-0.4, -0.2) is 17.0 Å². The molecule has 0 aromatic carbocycles. The molecule has 3 rings (SSSR count). The molecule has 2 heteroatoms. The number of carbonyl (C=O) groups is 1. The molecule has 0 radical (unpaired) electrons. The summed E-state index contributed by atoms with van der Waals surface area (Å²) in [7, 11) is 0. The van der Waals surface area contributed by atoms with Crippen molar-refractivity contribution in [2.75, 3.05) is 0 Å². The summed E-state index contributed by atoms with van der Waals surface area (Å²) in [6.45, 7) is 6.81. The van der Waals surface area contributed by atoms with Crippen molar-refractivity contribution in [1.29, 1.82) is 0 Å². The minimum absolute atomic E-state index is 0.0950. The van der Waals surface area contributed by atoms with Crippen molar-refractivity contribution in [2.45, 2.75) is 78.2 Å². The number of hydrogen-bond acceptors (Lipinski definition) is 2. The van der Waals surface area contributed by atoms with E-state index < -0.39 is 0 Å². The zero-order chi connectivity index (χ0) is 15.9. The first-order chi connectivity index (χ1) is 10.4. The molecule has 1 N–H and O–H groups in total. The maximum atomic E-state index is 12.0. The van der Waals surface area contributed by atoms with Crippen LogP contribution in [-0.2, 0) is 4.79 Å². The van der Waals surface area contributed by atoms with Crippen LogP contribution in [0.5, 0.6) is 0 Å². The fourth-order valence-electron chi connectivity index (χ4n) is 5.81. The second kappa shape index (κ2) is 6.11. The van der Waals surface area contributed by atoms with E-state index in [2.05, 4.69) is 20.8 Å². The monoisotopic (exact) mass is 304 g/mol. The van der Waals surface area contributed by atoms with Crippen molar-refractivity contribution < 1.29 is 9.90 Å². The predicted molar refractivity (Wildman–Crippen MR) is 89.4 cm³/mol. The Balaban J connectivity index is 1.86. The Bertz CT molecular complexity index is 466. The van der Waals surface area contributed by atoms with Gasteiger partial charge < -0.3 is 5.11 Å². The summed E-state index contributed by atoms with van der Waals surface area (Å²) in [6, 6.07) is 0. The molecule has 22 heavy (non-hydrogen) atoms. The summed E-state index contributed by atoms with van der Waals surface area (Å²) in [4.78, 5) is 12.0. The van der Waals surface area contributed by atoms with Crippen LogP contribution in [0.3, 0.4) is 0 Å². The molecule has 3 unspecified atom stereocenters. The van der Waals surface area contributed by atoms with Crippen LogP contribution < -0.4 is 0 Å². The SMILES string of the molecule is C/C1=C\C(=O)CC[C@H](C)C2CC[C@@]3(C)C(CC[C@@H]3O)C2CC1. The molecule has 2 saturated carbocycles. The van der Waals surface area contributed by atoms with Crippen LogP contribution >= 0.6 is 0 Å². The molecule has 0 saturated heterocycles. The van der Waals surface area contributed by atoms with Crippen molar-refractivity contribution >= 4 is 5.78 Å². The molecule has 0 amide bonds. The lowest BCUT2D eigenvalue weighted by Crippen LogP contribution is -2.45. The quantitative estimate of drug-likeness (QED) is 0.714. The molecule has 0 aromatic heterocycles. The van der Waals surface area contributed by atoms with Gasteiger partial charge in [-0.25, -0.2) is 0 Å². The molecule has 6 atom stereocenters. The standard InChI is InChI=1S/C20H32O2/c1-13-4-7-17-16(14(2)5-6-15(21)12-13)10-11-20(3)18(17)8-9-19(20)22/h12,14,16-19,22H,4-11H2,1-3H3/b13-12+/t14-,16?,17?,18?,19-,20-/m0/s1. The second-order valence-corrected chi connectivity index (χ2v) is 8.58. The number of allylic oxidation sites excluding steroid dienone is 2. The molecule has 3 aliphatic rings. The minimum atomic E-state index is -0.0950. The molecular formula is C20H32O2. The number of aliphatic hydroxyl groups is 1. The van der Waals surface area contributed by atoms with Crippen molar-refractivity contribution in [2.24, 2.45) is 29.1 Å². The fraction of sp³-hybridized carbons (Fsp3) is 0.850. The second-order valence-electron chi connectivity index (χ2n) is 8.58. The van der Waals surface area contributed by atoms with Crippen molar-refractivity contribution in [3.05, 3.63) is 11.6 Å². The third-order valence-corrected chi connectivity index (χ3v) is 7.30. The van der Waals surface area contributed by atoms with E-state index in [1.54, 1.807) is 0 Å². The smallest absolute Gasteiger partial charge is 0.155 e. The number of ketones is 1. The molecule has 0 heterocycles. The molecule has 0 aliphatic heterocycles. The molecule has 0 spiro atoms. The van der Waals surface area contributed by atoms with Crippen molar-refractivity contribution in [1.82, 2.24) is 0 Å². The highest BCUT2D eigenvalue weighted by atomic mass is 16.3. The van der Waals surface area contributed by atoms with Gasteiger partial charge >= 0.3 is 0 Å². The number of carbonyl (C=O) groups excluding carboxylic acids is 1. The zero-order valence-corrected chi connectivity index (χ0v) is 14.5. The van der Waals surface area contributed by atoms with Gasteiger partial charge in [-0.1, -0.05) is 19.4 Å². The third kappa shape index (κ3) is 2.79. The molecule has 2 fully saturated rings. The van der Waals surface area contributed by atoms with Crippen LogP contribution in [0, 0.1) is 29.1 Å². The van der Waals surface area contributed by atoms with Gasteiger partial charge in [0.15, 0.2) is 5.78 Å². The lowest BCUT2D eigenvalue weighted by Gasteiger charge is -2.49. The summed E-state index contributed by atoms with van der Waals surface area (Å²) < 4.78 is 0. The number of aliphatic hydroxyl groups excluding tert-OH is 1. The Morgan fingerprint density at radius 2 is 1.86 bits per heavy atom. The van der Waals surface area contributed by atoms with Gasteiger partial charge in [-0.3, -0.25) is 4.79 Å². The van der Waals surface area contributed by atoms with Gasteiger partial charge in [-0.05, 0) is 87.0 Å². The summed E-state index contributed by atoms with van der Waals surface area (Å²) in [5.74, 6) is 3.14. The van der Waals surface area contributed by atoms with Crippen LogP contribution in [0.15, 0.2) is 11.6 Å². The van der Waals surface area contributed by atoms with Gasteiger partial charge in [-0.15, -0.1) is 0 Å². The first-order valence-corrected chi connectivity index (χ1v) is 9.30. The van der Waals surface area contributed by atoms with Gasteiger partial charge in [0.1, 0.15) is 0 Å². The van der Waals surface area contributed by atoms with Crippen LogP contribution in [0.4, 0.5) is 0 Å². The third-order valence-electron chi connectivity index (χ3n) is 7.30. The predicted octanol–water partition coefficient (Wildman–Crippen LogP) is 4.52. The van der Waals surface area contributed by atoms with Gasteiger partial charge in [0.05, 0.1) is 6.10 Å². The topological polar surface area (TPSA) is 37.3 Å². The fourth-order valence-corrected chi connectivity index (χ4v) is 5.81. The Morgan fingerprint density at radius 1 is 1.09 bits per heavy atom. The number of fused-ring (bicyclic) bond motifs is 3. The van der Waals surface area contributed by atoms with Crippen LogP contribution in [0.2, 0.25) is 0 Å². The Morgan fingerprint density at radius 3 is 2.64 bits per heavy atom. The van der Waals surface area contributed by atoms with E-state index in [-0.39, 0.29) is 11.5 Å². The van der Waals surface area contributed by atoms with Gasteiger partial charge in [0.25, 0.3) is 0 Å². The molecular weight excluding hydrogens is 272 g/mol. The Labute approximate surface area is 135 Å². The van der Waals surface area contributed by atoms with Crippen LogP contribution in [0.1, 0.15) is 72.1 Å². The largest absolute Gasteiger partial charge is 0.393 e. The number of rotatable bonds is 0.